The Labute approximate surface area is 223 Å². The molecular weight excluding hydrogens is 500 g/mol. The van der Waals surface area contributed by atoms with Crippen LogP contribution in [-0.4, -0.2) is 79.7 Å². The van der Waals surface area contributed by atoms with Crippen molar-refractivity contribution in [3.05, 3.63) is 45.8 Å². The third-order valence-electron chi connectivity index (χ3n) is 6.13. The largest absolute Gasteiger partial charge is 0.436 e. The summed E-state index contributed by atoms with van der Waals surface area (Å²) in [5.41, 5.74) is 8.57. The van der Waals surface area contributed by atoms with E-state index in [-0.39, 0.29) is 11.8 Å². The maximum Gasteiger partial charge on any atom is 0.409 e. The highest BCUT2D eigenvalue weighted by atomic mass is 35.5. The summed E-state index contributed by atoms with van der Waals surface area (Å²) in [6, 6.07) is 6.71. The molecule has 3 amide bonds. The quantitative estimate of drug-likeness (QED) is 0.0923. The molecule has 12 heteroatoms. The van der Waals surface area contributed by atoms with Crippen molar-refractivity contribution in [1.82, 2.24) is 15.1 Å². The highest BCUT2D eigenvalue weighted by Gasteiger charge is 2.29. The van der Waals surface area contributed by atoms with Gasteiger partial charge in [-0.2, -0.15) is 0 Å². The van der Waals surface area contributed by atoms with E-state index in [9.17, 15) is 14.4 Å². The van der Waals surface area contributed by atoms with Gasteiger partial charge in [-0.15, -0.1) is 0 Å². The number of ether oxygens (including phenoxy) is 2. The smallest absolute Gasteiger partial charge is 0.409 e. The van der Waals surface area contributed by atoms with E-state index in [1.807, 2.05) is 13.8 Å². The van der Waals surface area contributed by atoms with Crippen LogP contribution in [0.1, 0.15) is 67.4 Å². The molecule has 1 aromatic rings. The van der Waals surface area contributed by atoms with Gasteiger partial charge in [0.05, 0.1) is 13.2 Å². The molecular formula is C25H37ClN6O5. The van der Waals surface area contributed by atoms with Crippen molar-refractivity contribution in [2.45, 2.75) is 57.6 Å². The topological polar surface area (TPSA) is 137 Å². The van der Waals surface area contributed by atoms with E-state index < -0.39 is 17.7 Å². The molecule has 0 bridgehead atoms. The van der Waals surface area contributed by atoms with Crippen LogP contribution in [0.15, 0.2) is 29.4 Å². The third kappa shape index (κ3) is 10.1. The first-order chi connectivity index (χ1) is 17.9. The first-order valence-corrected chi connectivity index (χ1v) is 13.2. The summed E-state index contributed by atoms with van der Waals surface area (Å²) in [4.78, 5) is 44.3. The Morgan fingerprint density at radius 2 is 1.78 bits per heavy atom. The fourth-order valence-corrected chi connectivity index (χ4v) is 4.20. The van der Waals surface area contributed by atoms with Crippen molar-refractivity contribution in [3.8, 4) is 0 Å². The molecule has 0 aromatic heterocycles. The number of alkyl carbamates (subject to hydrolysis) is 1. The van der Waals surface area contributed by atoms with Gasteiger partial charge in [-0.3, -0.25) is 9.59 Å². The number of carbonyl (C=O) groups excluding carboxylic acids is 3. The number of hydrogen-bond donors (Lipinski definition) is 1. The Hall–Kier alpha value is -3.01. The van der Waals surface area contributed by atoms with E-state index in [1.165, 1.54) is 0 Å². The minimum absolute atomic E-state index is 0.0719. The number of hydrogen-bond acceptors (Lipinski definition) is 6. The number of carbonyl (C=O) groups is 3. The van der Waals surface area contributed by atoms with Gasteiger partial charge >= 0.3 is 6.09 Å². The van der Waals surface area contributed by atoms with Gasteiger partial charge in [-0.05, 0) is 56.3 Å². The zero-order valence-electron chi connectivity index (χ0n) is 21.6. The Balaban J connectivity index is 1.94. The molecule has 2 unspecified atom stereocenters. The van der Waals surface area contributed by atoms with Crippen LogP contribution in [0.2, 0.25) is 0 Å². The SMILES string of the molecule is CCN(CC)C(=O)c1ccc(C(Cl)NC(=O)OC(CCCCCCN=[N+]=[N-])C(=O)N2CCOCC2)cc1. The second-order valence-corrected chi connectivity index (χ2v) is 9.03. The third-order valence-corrected chi connectivity index (χ3v) is 6.49. The number of morpholine rings is 1. The number of unbranched alkanes of at least 4 members (excludes halogenated alkanes) is 3. The van der Waals surface area contributed by atoms with Crippen LogP contribution in [0.5, 0.6) is 0 Å². The molecule has 0 radical (unpaired) electrons. The Morgan fingerprint density at radius 1 is 1.14 bits per heavy atom. The van der Waals surface area contributed by atoms with Crippen molar-refractivity contribution < 1.29 is 23.9 Å². The zero-order valence-corrected chi connectivity index (χ0v) is 22.4. The van der Waals surface area contributed by atoms with Crippen LogP contribution in [0.3, 0.4) is 0 Å². The molecule has 204 valence electrons. The zero-order chi connectivity index (χ0) is 27.0. The molecule has 1 aliphatic rings. The maximum absolute atomic E-state index is 13.0. The molecule has 0 spiro atoms. The molecule has 2 rings (SSSR count). The summed E-state index contributed by atoms with van der Waals surface area (Å²) in [6.07, 6.45) is 1.75. The van der Waals surface area contributed by atoms with E-state index >= 15 is 0 Å². The van der Waals surface area contributed by atoms with E-state index in [0.717, 1.165) is 19.3 Å². The standard InChI is InChI=1S/C25H37ClN6O5/c1-3-31(4-2)23(33)20-12-10-19(11-13-20)22(26)29-25(35)37-21(9-7-5-6-8-14-28-30-27)24(34)32-15-17-36-18-16-32/h10-13,21-22H,3-9,14-18H2,1-2H3,(H,29,35). The van der Waals surface area contributed by atoms with Crippen LogP contribution < -0.4 is 5.32 Å². The lowest BCUT2D eigenvalue weighted by molar-refractivity contribution is -0.144. The lowest BCUT2D eigenvalue weighted by atomic mass is 10.1. The number of halogens is 1. The molecule has 1 heterocycles. The van der Waals surface area contributed by atoms with Gasteiger partial charge in [0.1, 0.15) is 5.50 Å². The molecule has 1 saturated heterocycles. The van der Waals surface area contributed by atoms with Crippen LogP contribution in [0, 0.1) is 0 Å². The monoisotopic (exact) mass is 536 g/mol. The molecule has 11 nitrogen and oxygen atoms in total. The van der Waals surface area contributed by atoms with E-state index in [4.69, 9.17) is 26.6 Å². The molecule has 1 aromatic carbocycles. The summed E-state index contributed by atoms with van der Waals surface area (Å²) in [7, 11) is 0. The molecule has 1 fully saturated rings. The number of azide groups is 1. The minimum atomic E-state index is -0.937. The number of amides is 3. The molecule has 0 aliphatic carbocycles. The molecule has 1 aliphatic heterocycles. The van der Waals surface area contributed by atoms with E-state index in [0.29, 0.717) is 69.9 Å². The average molecular weight is 537 g/mol. The van der Waals surface area contributed by atoms with Crippen molar-refractivity contribution in [2.24, 2.45) is 5.11 Å². The van der Waals surface area contributed by atoms with Crippen molar-refractivity contribution in [3.63, 3.8) is 0 Å². The average Bonchev–Trinajstić information content (AvgIpc) is 2.92. The lowest BCUT2D eigenvalue weighted by Crippen LogP contribution is -2.47. The van der Waals surface area contributed by atoms with Crippen molar-refractivity contribution in [2.75, 3.05) is 45.9 Å². The predicted molar refractivity (Wildman–Crippen MR) is 140 cm³/mol. The summed E-state index contributed by atoms with van der Waals surface area (Å²) in [5.74, 6) is -0.324. The van der Waals surface area contributed by atoms with Crippen LogP contribution >= 0.6 is 11.6 Å². The van der Waals surface area contributed by atoms with Crippen LogP contribution in [-0.2, 0) is 14.3 Å². The first kappa shape index (κ1) is 30.2. The van der Waals surface area contributed by atoms with Crippen LogP contribution in [0.25, 0.3) is 10.4 Å². The van der Waals surface area contributed by atoms with Crippen molar-refractivity contribution >= 4 is 29.5 Å². The fraction of sp³-hybridized carbons (Fsp3) is 0.640. The van der Waals surface area contributed by atoms with Gasteiger partial charge in [0, 0.05) is 43.2 Å². The first-order valence-electron chi connectivity index (χ1n) is 12.8. The predicted octanol–water partition coefficient (Wildman–Crippen LogP) is 4.62. The fourth-order valence-electron chi connectivity index (χ4n) is 3.97. The number of benzene rings is 1. The number of alkyl halides is 1. The van der Waals surface area contributed by atoms with Gasteiger partial charge in [0.2, 0.25) is 0 Å². The molecule has 0 saturated carbocycles. The molecule has 1 N–H and O–H groups in total. The van der Waals surface area contributed by atoms with E-state index in [2.05, 4.69) is 15.3 Å². The normalized spacial score (nSPS) is 14.7. The Kier molecular flexibility index (Phi) is 13.6. The summed E-state index contributed by atoms with van der Waals surface area (Å²) in [5, 5.41) is 6.08. The summed E-state index contributed by atoms with van der Waals surface area (Å²) >= 11 is 6.40. The van der Waals surface area contributed by atoms with E-state index in [1.54, 1.807) is 34.1 Å². The summed E-state index contributed by atoms with van der Waals surface area (Å²) < 4.78 is 10.8. The van der Waals surface area contributed by atoms with Gasteiger partial charge < -0.3 is 24.6 Å². The molecule has 37 heavy (non-hydrogen) atoms. The number of nitrogens with zero attached hydrogens (tertiary/aromatic N) is 5. The number of rotatable bonds is 14. The number of nitrogens with one attached hydrogen (secondary N) is 1. The lowest BCUT2D eigenvalue weighted by Gasteiger charge is -2.30. The second kappa shape index (κ2) is 16.7. The minimum Gasteiger partial charge on any atom is -0.436 e. The van der Waals surface area contributed by atoms with Crippen LogP contribution in [0.4, 0.5) is 4.79 Å². The van der Waals surface area contributed by atoms with Crippen molar-refractivity contribution in [1.29, 1.82) is 0 Å². The van der Waals surface area contributed by atoms with Gasteiger partial charge in [-0.25, -0.2) is 4.79 Å². The molecule has 2 atom stereocenters. The van der Waals surface area contributed by atoms with Gasteiger partial charge in [0.25, 0.3) is 11.8 Å². The Bertz CT molecular complexity index is 915. The second-order valence-electron chi connectivity index (χ2n) is 8.60. The summed E-state index contributed by atoms with van der Waals surface area (Å²) in [6.45, 7) is 7.29. The maximum atomic E-state index is 13.0. The highest BCUT2D eigenvalue weighted by Crippen LogP contribution is 2.20. The Morgan fingerprint density at radius 3 is 2.41 bits per heavy atom. The van der Waals surface area contributed by atoms with Gasteiger partial charge in [-0.1, -0.05) is 41.7 Å². The highest BCUT2D eigenvalue weighted by molar-refractivity contribution is 6.21. The van der Waals surface area contributed by atoms with Gasteiger partial charge in [0.15, 0.2) is 6.10 Å².